The van der Waals surface area contributed by atoms with Crippen molar-refractivity contribution in [1.82, 2.24) is 20.6 Å². The third kappa shape index (κ3) is 19.7. The molecule has 1 saturated heterocycles. The summed E-state index contributed by atoms with van der Waals surface area (Å²) < 4.78 is 5.24. The Labute approximate surface area is 201 Å². The molecule has 2 rings (SSSR count). The van der Waals surface area contributed by atoms with E-state index in [0.717, 1.165) is 44.7 Å². The summed E-state index contributed by atoms with van der Waals surface area (Å²) in [5, 5.41) is 17.2. The smallest absolute Gasteiger partial charge is 0.410 e. The topological polar surface area (TPSA) is 89.4 Å². The lowest BCUT2D eigenvalue weighted by Crippen LogP contribution is -2.48. The van der Waals surface area contributed by atoms with Crippen molar-refractivity contribution in [2.45, 2.75) is 39.3 Å². The summed E-state index contributed by atoms with van der Waals surface area (Å²) in [7, 11) is 1.72. The number of nitrogens with one attached hydrogen (secondary N) is 2. The second-order valence-electron chi connectivity index (χ2n) is 7.79. The van der Waals surface area contributed by atoms with Crippen LogP contribution < -0.4 is 10.6 Å². The van der Waals surface area contributed by atoms with Crippen molar-refractivity contribution >= 4 is 12.4 Å². The molecule has 33 heavy (non-hydrogen) atoms. The normalized spacial score (nSPS) is 13.0. The predicted octanol–water partition coefficient (Wildman–Crippen LogP) is 3.95. The molecular weight excluding hydrogens is 418 g/mol. The molecule has 0 saturated carbocycles. The quantitative estimate of drug-likeness (QED) is 0.187. The molecule has 0 unspecified atom stereocenters. The standard InChI is InChI=1S/C12H19N3O.C9H18N2O2.2C2H4/c1-13-11-14-8-5-9-15(16)10-12-6-3-2-4-7-12;1-9(2,3)13-8(12)11-6-4-10-5-7-11;2*1-2/h2-4,6-7,11,16H,5,8-10H2,1H3,(H,13,14);10H,4-7H2,1-3H3;2*1-2H2. The third-order valence-corrected chi connectivity index (χ3v) is 3.93. The fourth-order valence-electron chi connectivity index (χ4n) is 2.57. The molecule has 0 spiro atoms. The summed E-state index contributed by atoms with van der Waals surface area (Å²) in [4.78, 5) is 17.0. The van der Waals surface area contributed by atoms with E-state index in [4.69, 9.17) is 4.74 Å². The molecule has 1 fully saturated rings. The van der Waals surface area contributed by atoms with E-state index in [1.165, 1.54) is 5.06 Å². The molecule has 1 aliphatic rings. The van der Waals surface area contributed by atoms with Crippen molar-refractivity contribution in [2.75, 3.05) is 46.3 Å². The Balaban J connectivity index is 0. The van der Waals surface area contributed by atoms with Crippen molar-refractivity contribution in [3.63, 3.8) is 0 Å². The third-order valence-electron chi connectivity index (χ3n) is 3.93. The van der Waals surface area contributed by atoms with Gasteiger partial charge in [-0.05, 0) is 32.8 Å². The summed E-state index contributed by atoms with van der Waals surface area (Å²) in [6, 6.07) is 9.93. The molecule has 1 amide bonds. The van der Waals surface area contributed by atoms with E-state index in [9.17, 15) is 10.0 Å². The minimum absolute atomic E-state index is 0.200. The number of rotatable bonds is 7. The van der Waals surface area contributed by atoms with Crippen LogP contribution in [0.4, 0.5) is 4.79 Å². The van der Waals surface area contributed by atoms with Crippen LogP contribution in [0.3, 0.4) is 0 Å². The average Bonchev–Trinajstić information content (AvgIpc) is 2.82. The first kappa shape index (κ1) is 32.5. The van der Waals surface area contributed by atoms with Gasteiger partial charge in [-0.1, -0.05) is 30.3 Å². The molecule has 1 aromatic carbocycles. The number of piperazine rings is 1. The van der Waals surface area contributed by atoms with Gasteiger partial charge < -0.3 is 25.5 Å². The number of nitrogens with zero attached hydrogens (tertiary/aromatic N) is 3. The second kappa shape index (κ2) is 21.2. The number of carbonyl (C=O) groups excluding carboxylic acids is 1. The number of benzene rings is 1. The van der Waals surface area contributed by atoms with Crippen molar-refractivity contribution in [2.24, 2.45) is 4.99 Å². The number of hydroxylamine groups is 2. The summed E-state index contributed by atoms with van der Waals surface area (Å²) in [6.45, 7) is 22.9. The van der Waals surface area contributed by atoms with Crippen LogP contribution in [0, 0.1) is 0 Å². The van der Waals surface area contributed by atoms with Crippen LogP contribution in [-0.4, -0.2) is 79.5 Å². The van der Waals surface area contributed by atoms with Crippen molar-refractivity contribution in [1.29, 1.82) is 0 Å². The molecule has 0 atom stereocenters. The number of aliphatic imine (C=N–C) groups is 1. The van der Waals surface area contributed by atoms with Gasteiger partial charge in [0.25, 0.3) is 0 Å². The van der Waals surface area contributed by atoms with E-state index in [-0.39, 0.29) is 11.7 Å². The molecule has 0 aliphatic carbocycles. The van der Waals surface area contributed by atoms with Crippen LogP contribution in [0.25, 0.3) is 0 Å². The molecule has 1 aliphatic heterocycles. The largest absolute Gasteiger partial charge is 0.444 e. The van der Waals surface area contributed by atoms with E-state index in [1.807, 2.05) is 51.1 Å². The van der Waals surface area contributed by atoms with Gasteiger partial charge >= 0.3 is 6.09 Å². The van der Waals surface area contributed by atoms with Crippen LogP contribution in [0.1, 0.15) is 32.8 Å². The maximum atomic E-state index is 11.5. The lowest BCUT2D eigenvalue weighted by atomic mass is 10.2. The highest BCUT2D eigenvalue weighted by Crippen LogP contribution is 2.10. The maximum Gasteiger partial charge on any atom is 0.410 e. The SMILES string of the molecule is C=C.C=C.CC(C)(C)OC(=O)N1CCNCC1.CN=CNCCCN(O)Cc1ccccc1. The van der Waals surface area contributed by atoms with Crippen molar-refractivity contribution in [3.05, 3.63) is 62.2 Å². The molecule has 188 valence electrons. The number of ether oxygens (including phenoxy) is 1. The monoisotopic (exact) mass is 463 g/mol. The van der Waals surface area contributed by atoms with Crippen LogP contribution >= 0.6 is 0 Å². The lowest BCUT2D eigenvalue weighted by molar-refractivity contribution is -0.0994. The van der Waals surface area contributed by atoms with Gasteiger partial charge in [-0.3, -0.25) is 4.99 Å². The van der Waals surface area contributed by atoms with Crippen LogP contribution in [0.5, 0.6) is 0 Å². The van der Waals surface area contributed by atoms with E-state index < -0.39 is 0 Å². The summed E-state index contributed by atoms with van der Waals surface area (Å²) >= 11 is 0. The van der Waals surface area contributed by atoms with E-state index >= 15 is 0 Å². The molecule has 0 aromatic heterocycles. The Bertz CT molecular complexity index is 612. The number of amides is 1. The van der Waals surface area contributed by atoms with Crippen LogP contribution in [0.15, 0.2) is 61.6 Å². The van der Waals surface area contributed by atoms with Gasteiger partial charge in [0, 0.05) is 52.9 Å². The van der Waals surface area contributed by atoms with Crippen molar-refractivity contribution in [3.8, 4) is 0 Å². The second-order valence-corrected chi connectivity index (χ2v) is 7.79. The fraction of sp³-hybridized carbons (Fsp3) is 0.520. The first-order valence-corrected chi connectivity index (χ1v) is 11.1. The van der Waals surface area contributed by atoms with Crippen LogP contribution in [0.2, 0.25) is 0 Å². The fourth-order valence-corrected chi connectivity index (χ4v) is 2.57. The summed E-state index contributed by atoms with van der Waals surface area (Å²) in [6.07, 6.45) is 2.35. The maximum absolute atomic E-state index is 11.5. The van der Waals surface area contributed by atoms with E-state index in [1.54, 1.807) is 18.3 Å². The molecule has 3 N–H and O–H groups in total. The highest BCUT2D eigenvalue weighted by Gasteiger charge is 2.22. The molecule has 8 heteroatoms. The summed E-state index contributed by atoms with van der Waals surface area (Å²) in [5.74, 6) is 0. The van der Waals surface area contributed by atoms with E-state index in [0.29, 0.717) is 13.1 Å². The number of hydrogen-bond acceptors (Lipinski definition) is 6. The highest BCUT2D eigenvalue weighted by atomic mass is 16.6. The van der Waals surface area contributed by atoms with Gasteiger partial charge in [0.15, 0.2) is 0 Å². The van der Waals surface area contributed by atoms with Gasteiger partial charge in [0.2, 0.25) is 0 Å². The molecule has 1 heterocycles. The average molecular weight is 464 g/mol. The van der Waals surface area contributed by atoms with Gasteiger partial charge in [-0.2, -0.15) is 5.06 Å². The highest BCUT2D eigenvalue weighted by molar-refractivity contribution is 5.68. The van der Waals surface area contributed by atoms with Gasteiger partial charge in [0.1, 0.15) is 5.60 Å². The molecule has 0 radical (unpaired) electrons. The first-order chi connectivity index (χ1) is 15.8. The minimum Gasteiger partial charge on any atom is -0.444 e. The zero-order chi connectivity index (χ0) is 25.5. The summed E-state index contributed by atoms with van der Waals surface area (Å²) in [5.41, 5.74) is 0.732. The Morgan fingerprint density at radius 2 is 1.79 bits per heavy atom. The van der Waals surface area contributed by atoms with E-state index in [2.05, 4.69) is 41.9 Å². The van der Waals surface area contributed by atoms with Gasteiger partial charge in [-0.25, -0.2) is 4.79 Å². The zero-order valence-corrected chi connectivity index (χ0v) is 21.1. The zero-order valence-electron chi connectivity index (χ0n) is 21.1. The minimum atomic E-state index is -0.387. The van der Waals surface area contributed by atoms with Gasteiger partial charge in [0.05, 0.1) is 6.34 Å². The lowest BCUT2D eigenvalue weighted by Gasteiger charge is -2.30. The molecular formula is C25H45N5O3. The number of hydrogen-bond donors (Lipinski definition) is 3. The van der Waals surface area contributed by atoms with Gasteiger partial charge in [-0.15, -0.1) is 26.3 Å². The molecule has 8 nitrogen and oxygen atoms in total. The number of carbonyl (C=O) groups is 1. The Morgan fingerprint density at radius 3 is 2.30 bits per heavy atom. The molecule has 1 aromatic rings. The first-order valence-electron chi connectivity index (χ1n) is 11.1. The predicted molar refractivity (Wildman–Crippen MR) is 139 cm³/mol. The Hall–Kier alpha value is -2.68. The van der Waals surface area contributed by atoms with Crippen molar-refractivity contribution < 1.29 is 14.7 Å². The molecule has 0 bridgehead atoms. The Morgan fingerprint density at radius 1 is 1.21 bits per heavy atom. The Kier molecular flexibility index (Phi) is 20.9. The van der Waals surface area contributed by atoms with Crippen LogP contribution in [-0.2, 0) is 11.3 Å².